The third-order valence-electron chi connectivity index (χ3n) is 1.67. The molecule has 2 amide bonds. The van der Waals surface area contributed by atoms with E-state index in [1.807, 2.05) is 20.1 Å². The van der Waals surface area contributed by atoms with Crippen molar-refractivity contribution in [2.75, 3.05) is 19.2 Å². The maximum atomic E-state index is 10.4. The van der Waals surface area contributed by atoms with Gasteiger partial charge in [-0.2, -0.15) is 11.8 Å². The molecule has 0 aliphatic heterocycles. The Morgan fingerprint density at radius 2 is 2.00 bits per heavy atom. The summed E-state index contributed by atoms with van der Waals surface area (Å²) < 4.78 is -0.0330. The van der Waals surface area contributed by atoms with Gasteiger partial charge in [0, 0.05) is 11.8 Å². The highest BCUT2D eigenvalue weighted by atomic mass is 35.5. The molecule has 0 spiro atoms. The van der Waals surface area contributed by atoms with E-state index in [0.717, 1.165) is 7.05 Å². The molecule has 100 valence electrons. The molecular formula is C9H17ClN2O4S. The maximum absolute atomic E-state index is 10.4. The lowest BCUT2D eigenvalue weighted by molar-refractivity contribution is -0.125. The van der Waals surface area contributed by atoms with Crippen molar-refractivity contribution >= 4 is 41.6 Å². The fourth-order valence-corrected chi connectivity index (χ4v) is 0.720. The number of carbonyl (C=O) groups is 2. The van der Waals surface area contributed by atoms with Crippen LogP contribution in [0.1, 0.15) is 13.8 Å². The number of carboxylic acid groups (broad SMARTS) is 1. The smallest absolute Gasteiger partial charge is 0.413 e. The fourth-order valence-electron chi connectivity index (χ4n) is 0.388. The van der Waals surface area contributed by atoms with Crippen LogP contribution < -0.4 is 0 Å². The first-order valence-electron chi connectivity index (χ1n) is 4.51. The zero-order chi connectivity index (χ0) is 14.1. The molecule has 0 aliphatic rings. The van der Waals surface area contributed by atoms with E-state index >= 15 is 0 Å². The summed E-state index contributed by atoms with van der Waals surface area (Å²) in [6.45, 7) is 3.97. The SMILES string of the molecule is CN(C(=O)O)C(=O)CCl.CSC(C)(C)/C=N\O. The van der Waals surface area contributed by atoms with Gasteiger partial charge in [-0.1, -0.05) is 0 Å². The lowest BCUT2D eigenvalue weighted by Gasteiger charge is -2.12. The first kappa shape index (κ1) is 18.4. The van der Waals surface area contributed by atoms with Crippen molar-refractivity contribution in [2.45, 2.75) is 18.6 Å². The Hall–Kier alpha value is -0.950. The average molecular weight is 285 g/mol. The number of amides is 2. The van der Waals surface area contributed by atoms with E-state index in [2.05, 4.69) is 5.16 Å². The Balaban J connectivity index is 0. The van der Waals surface area contributed by atoms with Crippen molar-refractivity contribution in [1.29, 1.82) is 0 Å². The third-order valence-corrected chi connectivity index (χ3v) is 3.06. The molecule has 0 aromatic heterocycles. The second-order valence-electron chi connectivity index (χ2n) is 3.42. The summed E-state index contributed by atoms with van der Waals surface area (Å²) in [5.41, 5.74) is 0. The number of carbonyl (C=O) groups excluding carboxylic acids is 1. The number of thioether (sulfide) groups is 1. The number of oxime groups is 1. The van der Waals surface area contributed by atoms with E-state index < -0.39 is 12.0 Å². The normalized spacial score (nSPS) is 10.6. The zero-order valence-corrected chi connectivity index (χ0v) is 11.7. The second-order valence-corrected chi connectivity index (χ2v) is 5.15. The number of hydrogen-bond acceptors (Lipinski definition) is 5. The third kappa shape index (κ3) is 9.95. The molecule has 17 heavy (non-hydrogen) atoms. The number of rotatable bonds is 3. The molecule has 0 atom stereocenters. The van der Waals surface area contributed by atoms with E-state index in [0.29, 0.717) is 4.90 Å². The summed E-state index contributed by atoms with van der Waals surface area (Å²) in [6, 6.07) is 0. The monoisotopic (exact) mass is 284 g/mol. The molecule has 8 heteroatoms. The summed E-state index contributed by atoms with van der Waals surface area (Å²) >= 11 is 6.68. The predicted molar refractivity (Wildman–Crippen MR) is 69.4 cm³/mol. The molecule has 0 fully saturated rings. The highest BCUT2D eigenvalue weighted by molar-refractivity contribution is 8.00. The summed E-state index contributed by atoms with van der Waals surface area (Å²) in [4.78, 5) is 20.8. The van der Waals surface area contributed by atoms with Gasteiger partial charge in [0.15, 0.2) is 0 Å². The van der Waals surface area contributed by atoms with Gasteiger partial charge >= 0.3 is 6.09 Å². The van der Waals surface area contributed by atoms with Crippen LogP contribution in [0, 0.1) is 0 Å². The summed E-state index contributed by atoms with van der Waals surface area (Å²) in [5, 5.41) is 19.2. The summed E-state index contributed by atoms with van der Waals surface area (Å²) in [7, 11) is 1.15. The minimum absolute atomic E-state index is 0.0330. The first-order valence-corrected chi connectivity index (χ1v) is 6.27. The van der Waals surface area contributed by atoms with Gasteiger partial charge in [-0.15, -0.1) is 16.8 Å². The van der Waals surface area contributed by atoms with Gasteiger partial charge < -0.3 is 10.3 Å². The number of alkyl halides is 1. The zero-order valence-electron chi connectivity index (χ0n) is 10.2. The van der Waals surface area contributed by atoms with Crippen molar-refractivity contribution in [3.63, 3.8) is 0 Å². The molecular weight excluding hydrogens is 268 g/mol. The largest absolute Gasteiger partial charge is 0.465 e. The lowest BCUT2D eigenvalue weighted by Crippen LogP contribution is -2.32. The van der Waals surface area contributed by atoms with E-state index in [4.69, 9.17) is 21.9 Å². The van der Waals surface area contributed by atoms with Gasteiger partial charge in [-0.05, 0) is 20.1 Å². The Morgan fingerprint density at radius 3 is 2.12 bits per heavy atom. The molecule has 0 bridgehead atoms. The highest BCUT2D eigenvalue weighted by Crippen LogP contribution is 2.17. The van der Waals surface area contributed by atoms with Crippen molar-refractivity contribution in [3.8, 4) is 0 Å². The van der Waals surface area contributed by atoms with Crippen molar-refractivity contribution < 1.29 is 19.9 Å². The van der Waals surface area contributed by atoms with Crippen LogP contribution in [0.5, 0.6) is 0 Å². The molecule has 6 nitrogen and oxygen atoms in total. The quantitative estimate of drug-likeness (QED) is 0.358. The van der Waals surface area contributed by atoms with Crippen LogP contribution in [0.25, 0.3) is 0 Å². The Kier molecular flexibility index (Phi) is 9.88. The van der Waals surface area contributed by atoms with Crippen LogP contribution >= 0.6 is 23.4 Å². The number of imide groups is 1. The van der Waals surface area contributed by atoms with E-state index in [-0.39, 0.29) is 10.6 Å². The van der Waals surface area contributed by atoms with Crippen LogP contribution in [0.3, 0.4) is 0 Å². The van der Waals surface area contributed by atoms with E-state index in [9.17, 15) is 9.59 Å². The number of halogens is 1. The molecule has 0 saturated carbocycles. The predicted octanol–water partition coefficient (Wildman–Crippen LogP) is 1.95. The number of hydrogen-bond donors (Lipinski definition) is 2. The highest BCUT2D eigenvalue weighted by Gasteiger charge is 2.12. The summed E-state index contributed by atoms with van der Waals surface area (Å²) in [6.07, 6.45) is 2.19. The van der Waals surface area contributed by atoms with Crippen molar-refractivity contribution in [1.82, 2.24) is 4.90 Å². The minimum Gasteiger partial charge on any atom is -0.465 e. The Bertz CT molecular complexity index is 284. The van der Waals surface area contributed by atoms with Gasteiger partial charge in [-0.3, -0.25) is 4.79 Å². The second kappa shape index (κ2) is 9.12. The maximum Gasteiger partial charge on any atom is 0.413 e. The minimum atomic E-state index is -1.29. The summed E-state index contributed by atoms with van der Waals surface area (Å²) in [5.74, 6) is -0.924. The molecule has 0 saturated heterocycles. The van der Waals surface area contributed by atoms with Gasteiger partial charge in [0.25, 0.3) is 0 Å². The molecule has 2 N–H and O–H groups in total. The van der Waals surface area contributed by atoms with Crippen molar-refractivity contribution in [3.05, 3.63) is 0 Å². The fraction of sp³-hybridized carbons (Fsp3) is 0.667. The van der Waals surface area contributed by atoms with Gasteiger partial charge in [0.2, 0.25) is 5.91 Å². The standard InChI is InChI=1S/C5H11NOS.C4H6ClNO3/c1-5(2,8-3)4-6-7;1-6(4(8)9)3(7)2-5/h4,7H,1-3H3;2H2,1H3,(H,8,9)/b6-4-;. The lowest BCUT2D eigenvalue weighted by atomic mass is 10.2. The Morgan fingerprint density at radius 1 is 1.53 bits per heavy atom. The van der Waals surface area contributed by atoms with Crippen LogP contribution in [-0.4, -0.2) is 57.4 Å². The van der Waals surface area contributed by atoms with Gasteiger partial charge in [0.1, 0.15) is 5.88 Å². The van der Waals surface area contributed by atoms with Crippen LogP contribution in [-0.2, 0) is 4.79 Å². The molecule has 0 heterocycles. The first-order chi connectivity index (χ1) is 7.71. The molecule has 0 unspecified atom stereocenters. The molecule has 0 aromatic rings. The van der Waals surface area contributed by atoms with E-state index in [1.165, 1.54) is 6.21 Å². The van der Waals surface area contributed by atoms with Crippen LogP contribution in [0.4, 0.5) is 4.79 Å². The average Bonchev–Trinajstić information content (AvgIpc) is 2.27. The van der Waals surface area contributed by atoms with Crippen LogP contribution in [0.15, 0.2) is 5.16 Å². The Labute approximate surface area is 110 Å². The molecule has 0 aromatic carbocycles. The van der Waals surface area contributed by atoms with Crippen LogP contribution in [0.2, 0.25) is 0 Å². The van der Waals surface area contributed by atoms with Gasteiger partial charge in [0.05, 0.1) is 6.21 Å². The molecule has 0 radical (unpaired) electrons. The topological polar surface area (TPSA) is 90.2 Å². The van der Waals surface area contributed by atoms with E-state index in [1.54, 1.807) is 11.8 Å². The molecule has 0 aliphatic carbocycles. The molecule has 0 rings (SSSR count). The van der Waals surface area contributed by atoms with Crippen molar-refractivity contribution in [2.24, 2.45) is 5.16 Å². The number of nitrogens with zero attached hydrogens (tertiary/aromatic N) is 2. The van der Waals surface area contributed by atoms with Gasteiger partial charge in [-0.25, -0.2) is 9.69 Å².